The van der Waals surface area contributed by atoms with E-state index >= 15 is 0 Å². The number of benzene rings is 1. The molecule has 0 aliphatic carbocycles. The monoisotopic (exact) mass is 260 g/mol. The number of piperazine rings is 1. The highest BCUT2D eigenvalue weighted by Crippen LogP contribution is 2.18. The molecule has 1 aromatic carbocycles. The molecule has 0 bridgehead atoms. The van der Waals surface area contributed by atoms with E-state index in [9.17, 15) is 4.79 Å². The highest BCUT2D eigenvalue weighted by Gasteiger charge is 2.31. The molecule has 1 aliphatic heterocycles. The van der Waals surface area contributed by atoms with Crippen LogP contribution >= 0.6 is 0 Å². The molecule has 3 nitrogen and oxygen atoms in total. The number of carbonyl (C=O) groups is 1. The smallest absolute Gasteiger partial charge is 0.222 e. The molecule has 1 aromatic rings. The van der Waals surface area contributed by atoms with Crippen LogP contribution in [0.2, 0.25) is 0 Å². The molecule has 0 saturated carbocycles. The van der Waals surface area contributed by atoms with E-state index in [2.05, 4.69) is 47.9 Å². The van der Waals surface area contributed by atoms with Crippen LogP contribution in [0.5, 0.6) is 0 Å². The third-order valence-electron chi connectivity index (χ3n) is 3.83. The van der Waals surface area contributed by atoms with Crippen molar-refractivity contribution in [1.82, 2.24) is 9.80 Å². The molecule has 1 fully saturated rings. The second kappa shape index (κ2) is 6.20. The molecule has 0 spiro atoms. The second-order valence-corrected chi connectivity index (χ2v) is 5.53. The van der Waals surface area contributed by atoms with Crippen LogP contribution in [-0.2, 0) is 11.3 Å². The molecule has 0 radical (unpaired) electrons. The summed E-state index contributed by atoms with van der Waals surface area (Å²) in [6.07, 6.45) is 0.605. The van der Waals surface area contributed by atoms with Gasteiger partial charge in [-0.05, 0) is 19.4 Å². The van der Waals surface area contributed by atoms with Gasteiger partial charge < -0.3 is 4.90 Å². The Kier molecular flexibility index (Phi) is 4.59. The maximum absolute atomic E-state index is 12.0. The Hall–Kier alpha value is -1.35. The highest BCUT2D eigenvalue weighted by atomic mass is 16.2. The Morgan fingerprint density at radius 2 is 1.74 bits per heavy atom. The molecule has 2 atom stereocenters. The van der Waals surface area contributed by atoms with E-state index in [1.807, 2.05) is 13.0 Å². The van der Waals surface area contributed by atoms with Crippen molar-refractivity contribution in [2.75, 3.05) is 13.1 Å². The fourth-order valence-corrected chi connectivity index (χ4v) is 3.08. The van der Waals surface area contributed by atoms with Gasteiger partial charge in [0.15, 0.2) is 0 Å². The van der Waals surface area contributed by atoms with Crippen molar-refractivity contribution >= 4 is 5.91 Å². The van der Waals surface area contributed by atoms with Crippen LogP contribution in [0.25, 0.3) is 0 Å². The lowest BCUT2D eigenvalue weighted by molar-refractivity contribution is -0.138. The van der Waals surface area contributed by atoms with Crippen LogP contribution in [0.4, 0.5) is 0 Å². The summed E-state index contributed by atoms with van der Waals surface area (Å²) in [6, 6.07) is 11.2. The van der Waals surface area contributed by atoms with Gasteiger partial charge in [-0.1, -0.05) is 37.3 Å². The van der Waals surface area contributed by atoms with Crippen LogP contribution in [-0.4, -0.2) is 40.9 Å². The fourth-order valence-electron chi connectivity index (χ4n) is 3.08. The van der Waals surface area contributed by atoms with Gasteiger partial charge in [-0.15, -0.1) is 0 Å². The summed E-state index contributed by atoms with van der Waals surface area (Å²) < 4.78 is 0. The van der Waals surface area contributed by atoms with Crippen LogP contribution in [0.15, 0.2) is 30.3 Å². The van der Waals surface area contributed by atoms with Gasteiger partial charge in [0.05, 0.1) is 0 Å². The third-order valence-corrected chi connectivity index (χ3v) is 3.83. The Morgan fingerprint density at radius 1 is 1.16 bits per heavy atom. The van der Waals surface area contributed by atoms with E-state index in [0.29, 0.717) is 18.5 Å². The molecule has 19 heavy (non-hydrogen) atoms. The zero-order chi connectivity index (χ0) is 13.8. The SMILES string of the molecule is CCC(=O)N1[C@H](C)CN(Cc2ccccc2)C[C@@H]1C. The first-order chi connectivity index (χ1) is 9.11. The molecule has 0 aromatic heterocycles. The maximum atomic E-state index is 12.0. The van der Waals surface area contributed by atoms with Gasteiger partial charge in [0.2, 0.25) is 5.91 Å². The average Bonchev–Trinajstić information content (AvgIpc) is 2.38. The molecule has 3 heteroatoms. The first-order valence-electron chi connectivity index (χ1n) is 7.19. The molecule has 1 heterocycles. The van der Waals surface area contributed by atoms with Crippen molar-refractivity contribution in [1.29, 1.82) is 0 Å². The molecule has 1 aliphatic rings. The number of rotatable bonds is 3. The Balaban J connectivity index is 1.99. The van der Waals surface area contributed by atoms with Crippen molar-refractivity contribution in [3.63, 3.8) is 0 Å². The summed E-state index contributed by atoms with van der Waals surface area (Å²) >= 11 is 0. The standard InChI is InChI=1S/C16H24N2O/c1-4-16(19)18-13(2)10-17(11-14(18)3)12-15-8-6-5-7-9-15/h5-9,13-14H,4,10-12H2,1-3H3/t13-,14+. The van der Waals surface area contributed by atoms with E-state index in [0.717, 1.165) is 19.6 Å². The quantitative estimate of drug-likeness (QED) is 0.833. The fraction of sp³-hybridized carbons (Fsp3) is 0.562. The minimum absolute atomic E-state index is 0.277. The van der Waals surface area contributed by atoms with Crippen molar-refractivity contribution in [2.45, 2.75) is 45.8 Å². The molecule has 2 rings (SSSR count). The van der Waals surface area contributed by atoms with Crippen LogP contribution in [0.1, 0.15) is 32.8 Å². The molecule has 0 N–H and O–H groups in total. The van der Waals surface area contributed by atoms with Crippen molar-refractivity contribution < 1.29 is 4.79 Å². The van der Waals surface area contributed by atoms with Gasteiger partial charge in [0, 0.05) is 38.1 Å². The van der Waals surface area contributed by atoms with Gasteiger partial charge in [0.25, 0.3) is 0 Å². The van der Waals surface area contributed by atoms with Crippen molar-refractivity contribution in [2.24, 2.45) is 0 Å². The summed E-state index contributed by atoms with van der Waals surface area (Å²) in [5.41, 5.74) is 1.34. The van der Waals surface area contributed by atoms with Gasteiger partial charge >= 0.3 is 0 Å². The summed E-state index contributed by atoms with van der Waals surface area (Å²) in [6.45, 7) is 9.15. The van der Waals surface area contributed by atoms with Crippen LogP contribution < -0.4 is 0 Å². The average molecular weight is 260 g/mol. The number of hydrogen-bond donors (Lipinski definition) is 0. The Labute approximate surface area is 116 Å². The second-order valence-electron chi connectivity index (χ2n) is 5.53. The van der Waals surface area contributed by atoms with E-state index in [4.69, 9.17) is 0 Å². The zero-order valence-corrected chi connectivity index (χ0v) is 12.2. The zero-order valence-electron chi connectivity index (χ0n) is 12.2. The lowest BCUT2D eigenvalue weighted by atomic mass is 10.1. The van der Waals surface area contributed by atoms with Gasteiger partial charge in [-0.3, -0.25) is 9.69 Å². The highest BCUT2D eigenvalue weighted by molar-refractivity contribution is 5.76. The first-order valence-corrected chi connectivity index (χ1v) is 7.19. The Morgan fingerprint density at radius 3 is 2.26 bits per heavy atom. The summed E-state index contributed by atoms with van der Waals surface area (Å²) in [7, 11) is 0. The van der Waals surface area contributed by atoms with Crippen molar-refractivity contribution in [3.8, 4) is 0 Å². The largest absolute Gasteiger partial charge is 0.335 e. The minimum atomic E-state index is 0.277. The van der Waals surface area contributed by atoms with E-state index in [-0.39, 0.29) is 5.91 Å². The summed E-state index contributed by atoms with van der Waals surface area (Å²) in [5, 5.41) is 0. The van der Waals surface area contributed by atoms with Crippen molar-refractivity contribution in [3.05, 3.63) is 35.9 Å². The molecule has 104 valence electrons. The van der Waals surface area contributed by atoms with Gasteiger partial charge in [-0.25, -0.2) is 0 Å². The number of amides is 1. The molecule has 0 unspecified atom stereocenters. The maximum Gasteiger partial charge on any atom is 0.222 e. The summed E-state index contributed by atoms with van der Waals surface area (Å²) in [4.78, 5) is 16.5. The number of nitrogens with zero attached hydrogens (tertiary/aromatic N) is 2. The number of carbonyl (C=O) groups excluding carboxylic acids is 1. The topological polar surface area (TPSA) is 23.6 Å². The predicted octanol–water partition coefficient (Wildman–Crippen LogP) is 2.52. The molecular formula is C16H24N2O. The predicted molar refractivity (Wildman–Crippen MR) is 77.8 cm³/mol. The summed E-state index contributed by atoms with van der Waals surface area (Å²) in [5.74, 6) is 0.277. The van der Waals surface area contributed by atoms with Crippen LogP contribution in [0, 0.1) is 0 Å². The third kappa shape index (κ3) is 3.35. The van der Waals surface area contributed by atoms with Crippen LogP contribution in [0.3, 0.4) is 0 Å². The van der Waals surface area contributed by atoms with E-state index < -0.39 is 0 Å². The van der Waals surface area contributed by atoms with Gasteiger partial charge in [-0.2, -0.15) is 0 Å². The lowest BCUT2D eigenvalue weighted by Crippen LogP contribution is -2.58. The normalized spacial score (nSPS) is 24.5. The Bertz CT molecular complexity index is 406. The molecular weight excluding hydrogens is 236 g/mol. The molecule has 1 amide bonds. The number of hydrogen-bond acceptors (Lipinski definition) is 2. The van der Waals surface area contributed by atoms with Gasteiger partial charge in [0.1, 0.15) is 0 Å². The molecule has 1 saturated heterocycles. The lowest BCUT2D eigenvalue weighted by Gasteiger charge is -2.44. The first kappa shape index (κ1) is 14.1. The minimum Gasteiger partial charge on any atom is -0.335 e. The van der Waals surface area contributed by atoms with E-state index in [1.54, 1.807) is 0 Å². The van der Waals surface area contributed by atoms with E-state index in [1.165, 1.54) is 5.56 Å².